The van der Waals surface area contributed by atoms with E-state index in [1.54, 1.807) is 18.7 Å². The predicted molar refractivity (Wildman–Crippen MR) is 111 cm³/mol. The number of hydrogen-bond donors (Lipinski definition) is 1. The third kappa shape index (κ3) is 2.62. The molecule has 2 aliphatic heterocycles. The average Bonchev–Trinajstić information content (AvgIpc) is 3.45. The second-order valence-corrected chi connectivity index (χ2v) is 8.21. The van der Waals surface area contributed by atoms with Gasteiger partial charge < -0.3 is 18.9 Å². The maximum atomic E-state index is 13.2. The Hall–Kier alpha value is -3.61. The van der Waals surface area contributed by atoms with Gasteiger partial charge in [0.2, 0.25) is 0 Å². The topological polar surface area (TPSA) is 84.1 Å². The number of likely N-dealkylation sites (tertiary alicyclic amines) is 1. The van der Waals surface area contributed by atoms with E-state index in [1.807, 2.05) is 45.9 Å². The highest BCUT2D eigenvalue weighted by atomic mass is 16.3. The van der Waals surface area contributed by atoms with Crippen LogP contribution in [0.1, 0.15) is 28.4 Å². The number of furan rings is 1. The van der Waals surface area contributed by atoms with Crippen molar-refractivity contribution in [2.24, 2.45) is 5.92 Å². The van der Waals surface area contributed by atoms with Crippen molar-refractivity contribution in [3.05, 3.63) is 76.7 Å². The molecule has 7 heteroatoms. The minimum atomic E-state index is -0.0117. The van der Waals surface area contributed by atoms with Crippen LogP contribution < -0.4 is 5.56 Å². The van der Waals surface area contributed by atoms with Gasteiger partial charge in [-0.2, -0.15) is 0 Å². The Morgan fingerprint density at radius 3 is 2.93 bits per heavy atom. The van der Waals surface area contributed by atoms with Crippen molar-refractivity contribution in [1.29, 1.82) is 0 Å². The fraction of sp³-hybridized carbons (Fsp3) is 0.261. The number of H-pyrrole nitrogens is 1. The van der Waals surface area contributed by atoms with E-state index in [1.165, 1.54) is 0 Å². The Morgan fingerprint density at radius 2 is 2.07 bits per heavy atom. The highest BCUT2D eigenvalue weighted by Crippen LogP contribution is 2.36. The van der Waals surface area contributed by atoms with Crippen LogP contribution >= 0.6 is 0 Å². The molecular weight excluding hydrogens is 380 g/mol. The van der Waals surface area contributed by atoms with Crippen LogP contribution in [0, 0.1) is 5.92 Å². The fourth-order valence-electron chi connectivity index (χ4n) is 4.99. The van der Waals surface area contributed by atoms with Gasteiger partial charge in [0.25, 0.3) is 11.5 Å². The molecule has 30 heavy (non-hydrogen) atoms. The SMILES string of the molecule is O=C(c1ccc2occc2c1)N1C[C@@H]2C[C@H](C1)c1ccc(-c3ncc[nH]3)c(=O)n1C2. The standard InChI is InChI=1S/C23H20N4O3/c28-22(16-1-4-20-15(10-16)5-8-30-20)26-11-14-9-17(13-26)19-3-2-18(21-24-6-7-25-21)23(29)27(19)12-14/h1-8,10,14,17H,9,11-13H2,(H,24,25)/t14-,17+/m0/s1. The minimum Gasteiger partial charge on any atom is -0.464 e. The molecule has 4 aromatic rings. The molecule has 1 saturated heterocycles. The number of aromatic nitrogens is 3. The molecule has 6 rings (SSSR count). The van der Waals surface area contributed by atoms with E-state index in [4.69, 9.17) is 4.42 Å². The van der Waals surface area contributed by atoms with Crippen LogP contribution in [0.15, 0.2) is 64.3 Å². The number of piperidine rings is 1. The quantitative estimate of drug-likeness (QED) is 0.560. The zero-order chi connectivity index (χ0) is 20.2. The van der Waals surface area contributed by atoms with Crippen LogP contribution in [0.5, 0.6) is 0 Å². The number of aromatic amines is 1. The van der Waals surface area contributed by atoms with Crippen molar-refractivity contribution < 1.29 is 9.21 Å². The summed E-state index contributed by atoms with van der Waals surface area (Å²) in [7, 11) is 0. The number of fused-ring (bicyclic) bond motifs is 5. The molecule has 0 radical (unpaired) electrons. The Kier molecular flexibility index (Phi) is 3.71. The third-order valence-corrected chi connectivity index (χ3v) is 6.34. The Bertz CT molecular complexity index is 1320. The van der Waals surface area contributed by atoms with E-state index in [2.05, 4.69) is 9.97 Å². The first-order chi connectivity index (χ1) is 14.7. The zero-order valence-electron chi connectivity index (χ0n) is 16.2. The fourth-order valence-corrected chi connectivity index (χ4v) is 4.99. The Labute approximate surface area is 172 Å². The lowest BCUT2D eigenvalue weighted by molar-refractivity contribution is 0.0595. The van der Waals surface area contributed by atoms with Gasteiger partial charge in [0.05, 0.1) is 11.8 Å². The molecule has 0 spiro atoms. The number of imidazole rings is 1. The molecule has 2 bridgehead atoms. The molecule has 2 atom stereocenters. The molecule has 7 nitrogen and oxygen atoms in total. The van der Waals surface area contributed by atoms with E-state index in [0.29, 0.717) is 36.6 Å². The molecule has 150 valence electrons. The molecule has 1 fully saturated rings. The third-order valence-electron chi connectivity index (χ3n) is 6.34. The number of amides is 1. The number of benzene rings is 1. The maximum Gasteiger partial charge on any atom is 0.261 e. The van der Waals surface area contributed by atoms with Crippen LogP contribution in [0.2, 0.25) is 0 Å². The maximum absolute atomic E-state index is 13.2. The minimum absolute atomic E-state index is 0.0117. The van der Waals surface area contributed by atoms with Crippen LogP contribution in [0.25, 0.3) is 22.4 Å². The summed E-state index contributed by atoms with van der Waals surface area (Å²) in [5.41, 5.74) is 3.04. The second-order valence-electron chi connectivity index (χ2n) is 8.21. The summed E-state index contributed by atoms with van der Waals surface area (Å²) in [5, 5.41) is 0.931. The van der Waals surface area contributed by atoms with Crippen LogP contribution in [0.4, 0.5) is 0 Å². The summed E-state index contributed by atoms with van der Waals surface area (Å²) < 4.78 is 7.27. The van der Waals surface area contributed by atoms with E-state index in [9.17, 15) is 9.59 Å². The molecule has 1 N–H and O–H groups in total. The molecule has 0 saturated carbocycles. The van der Waals surface area contributed by atoms with Gasteiger partial charge >= 0.3 is 0 Å². The van der Waals surface area contributed by atoms with Crippen molar-refractivity contribution in [3.63, 3.8) is 0 Å². The summed E-state index contributed by atoms with van der Waals surface area (Å²) in [6.45, 7) is 1.91. The molecule has 3 aromatic heterocycles. The summed E-state index contributed by atoms with van der Waals surface area (Å²) >= 11 is 0. The monoisotopic (exact) mass is 400 g/mol. The zero-order valence-corrected chi connectivity index (χ0v) is 16.2. The molecular formula is C23H20N4O3. The molecule has 2 aliphatic rings. The lowest BCUT2D eigenvalue weighted by Gasteiger charge is -2.43. The van der Waals surface area contributed by atoms with Crippen LogP contribution in [-0.4, -0.2) is 38.4 Å². The number of carbonyl (C=O) groups is 1. The summed E-state index contributed by atoms with van der Waals surface area (Å²) in [6, 6.07) is 11.3. The molecule has 0 unspecified atom stereocenters. The summed E-state index contributed by atoms with van der Waals surface area (Å²) in [6.07, 6.45) is 6.01. The Balaban J connectivity index is 1.32. The number of nitrogens with one attached hydrogen (secondary N) is 1. The lowest BCUT2D eigenvalue weighted by atomic mass is 9.82. The van der Waals surface area contributed by atoms with Gasteiger partial charge in [-0.05, 0) is 48.7 Å². The first-order valence-corrected chi connectivity index (χ1v) is 10.2. The molecule has 1 amide bonds. The normalized spacial score (nSPS) is 20.3. The number of hydrogen-bond acceptors (Lipinski definition) is 4. The van der Waals surface area contributed by atoms with Crippen LogP contribution in [-0.2, 0) is 6.54 Å². The van der Waals surface area contributed by atoms with Gasteiger partial charge in [0, 0.05) is 54.6 Å². The molecule has 5 heterocycles. The average molecular weight is 400 g/mol. The predicted octanol–water partition coefficient (Wildman–Crippen LogP) is 3.24. The van der Waals surface area contributed by atoms with Crippen molar-refractivity contribution >= 4 is 16.9 Å². The van der Waals surface area contributed by atoms with Gasteiger partial charge in [-0.25, -0.2) is 4.98 Å². The van der Waals surface area contributed by atoms with E-state index in [-0.39, 0.29) is 23.3 Å². The van der Waals surface area contributed by atoms with Gasteiger partial charge in [-0.15, -0.1) is 0 Å². The molecule has 0 aliphatic carbocycles. The number of pyridine rings is 1. The van der Waals surface area contributed by atoms with Gasteiger partial charge in [0.15, 0.2) is 0 Å². The first-order valence-electron chi connectivity index (χ1n) is 10.2. The molecule has 1 aromatic carbocycles. The summed E-state index contributed by atoms with van der Waals surface area (Å²) in [4.78, 5) is 35.5. The highest BCUT2D eigenvalue weighted by molar-refractivity contribution is 5.97. The largest absolute Gasteiger partial charge is 0.464 e. The Morgan fingerprint density at radius 1 is 1.13 bits per heavy atom. The highest BCUT2D eigenvalue weighted by Gasteiger charge is 2.37. The van der Waals surface area contributed by atoms with Crippen LogP contribution in [0.3, 0.4) is 0 Å². The number of rotatable bonds is 2. The van der Waals surface area contributed by atoms with Gasteiger partial charge in [-0.3, -0.25) is 9.59 Å². The lowest BCUT2D eigenvalue weighted by Crippen LogP contribution is -2.49. The van der Waals surface area contributed by atoms with E-state index >= 15 is 0 Å². The van der Waals surface area contributed by atoms with Gasteiger partial charge in [0.1, 0.15) is 11.4 Å². The van der Waals surface area contributed by atoms with Crippen molar-refractivity contribution in [2.75, 3.05) is 13.1 Å². The second kappa shape index (κ2) is 6.45. The number of nitrogens with zero attached hydrogens (tertiary/aromatic N) is 3. The van der Waals surface area contributed by atoms with E-state index in [0.717, 1.165) is 23.1 Å². The number of carbonyl (C=O) groups excluding carboxylic acids is 1. The van der Waals surface area contributed by atoms with Crippen molar-refractivity contribution in [1.82, 2.24) is 19.4 Å². The smallest absolute Gasteiger partial charge is 0.261 e. The van der Waals surface area contributed by atoms with Crippen molar-refractivity contribution in [2.45, 2.75) is 18.9 Å². The first kappa shape index (κ1) is 17.3. The van der Waals surface area contributed by atoms with Crippen molar-refractivity contribution in [3.8, 4) is 11.4 Å². The van der Waals surface area contributed by atoms with E-state index < -0.39 is 0 Å². The van der Waals surface area contributed by atoms with Gasteiger partial charge in [-0.1, -0.05) is 0 Å². The summed E-state index contributed by atoms with van der Waals surface area (Å²) in [5.74, 6) is 1.06.